The lowest BCUT2D eigenvalue weighted by atomic mass is 10.1. The highest BCUT2D eigenvalue weighted by Crippen LogP contribution is 2.19. The monoisotopic (exact) mass is 415 g/mol. The number of rotatable bonds is 5. The molecule has 0 unspecified atom stereocenters. The quantitative estimate of drug-likeness (QED) is 0.505. The summed E-state index contributed by atoms with van der Waals surface area (Å²) < 4.78 is 2.74. The molecule has 156 valence electrons. The molecule has 0 saturated heterocycles. The number of nitrogens with one attached hydrogen (secondary N) is 1. The fourth-order valence-electron chi connectivity index (χ4n) is 3.44. The summed E-state index contributed by atoms with van der Waals surface area (Å²) in [4.78, 5) is 37.1. The van der Waals surface area contributed by atoms with Crippen LogP contribution in [0.4, 0.5) is 5.69 Å². The Bertz CT molecular complexity index is 1370. The summed E-state index contributed by atoms with van der Waals surface area (Å²) in [7, 11) is 0. The van der Waals surface area contributed by atoms with Gasteiger partial charge in [0, 0.05) is 16.6 Å². The Labute approximate surface area is 178 Å². The van der Waals surface area contributed by atoms with E-state index in [1.54, 1.807) is 42.1 Å². The summed E-state index contributed by atoms with van der Waals surface area (Å²) in [5.41, 5.74) is 3.44. The molecule has 2 heterocycles. The predicted molar refractivity (Wildman–Crippen MR) is 118 cm³/mol. The minimum atomic E-state index is -0.400. The van der Waals surface area contributed by atoms with Crippen molar-refractivity contribution in [3.63, 3.8) is 0 Å². The van der Waals surface area contributed by atoms with E-state index in [1.165, 1.54) is 6.92 Å². The normalized spacial score (nSPS) is 10.9. The van der Waals surface area contributed by atoms with Crippen LogP contribution in [-0.4, -0.2) is 31.3 Å². The van der Waals surface area contributed by atoms with Gasteiger partial charge in [-0.2, -0.15) is 10.2 Å². The minimum Gasteiger partial charge on any atom is -0.324 e. The van der Waals surface area contributed by atoms with Gasteiger partial charge in [-0.3, -0.25) is 14.4 Å². The van der Waals surface area contributed by atoms with Crippen molar-refractivity contribution in [1.82, 2.24) is 19.6 Å². The van der Waals surface area contributed by atoms with Gasteiger partial charge < -0.3 is 5.32 Å². The maximum absolute atomic E-state index is 13.2. The van der Waals surface area contributed by atoms with Gasteiger partial charge in [0.1, 0.15) is 12.1 Å². The number of fused-ring (bicyclic) bond motifs is 1. The number of nitrogens with zero attached hydrogens (tertiary/aromatic N) is 4. The first kappa shape index (κ1) is 20.2. The van der Waals surface area contributed by atoms with Crippen LogP contribution in [0.15, 0.2) is 59.5 Å². The van der Waals surface area contributed by atoms with Crippen LogP contribution in [0.1, 0.15) is 28.5 Å². The number of Topliss-reactive ketones (excluding diaryl/α,β-unsaturated/α-hetero) is 1. The van der Waals surface area contributed by atoms with Gasteiger partial charge in [-0.15, -0.1) is 0 Å². The Balaban J connectivity index is 1.67. The first-order chi connectivity index (χ1) is 14.8. The molecule has 2 aromatic heterocycles. The topological polar surface area (TPSA) is 98.9 Å². The van der Waals surface area contributed by atoms with Crippen LogP contribution in [0, 0.1) is 13.8 Å². The van der Waals surface area contributed by atoms with Gasteiger partial charge in [0.2, 0.25) is 5.91 Å². The zero-order valence-corrected chi connectivity index (χ0v) is 17.4. The van der Waals surface area contributed by atoms with Crippen LogP contribution >= 0.6 is 0 Å². The van der Waals surface area contributed by atoms with E-state index < -0.39 is 11.5 Å². The highest BCUT2D eigenvalue weighted by molar-refractivity contribution is 5.95. The van der Waals surface area contributed by atoms with Crippen molar-refractivity contribution in [3.8, 4) is 5.69 Å². The third-order valence-electron chi connectivity index (χ3n) is 5.08. The van der Waals surface area contributed by atoms with Gasteiger partial charge in [-0.05, 0) is 56.7 Å². The van der Waals surface area contributed by atoms with Gasteiger partial charge in [-0.1, -0.05) is 18.2 Å². The zero-order valence-electron chi connectivity index (χ0n) is 17.4. The van der Waals surface area contributed by atoms with Crippen LogP contribution in [0.5, 0.6) is 0 Å². The highest BCUT2D eigenvalue weighted by Gasteiger charge is 2.17. The van der Waals surface area contributed by atoms with Crippen molar-refractivity contribution in [2.75, 3.05) is 5.32 Å². The third kappa shape index (κ3) is 3.87. The molecule has 0 saturated carbocycles. The minimum absolute atomic E-state index is 0.0531. The number of carbonyl (C=O) groups is 2. The van der Waals surface area contributed by atoms with Crippen LogP contribution in [0.3, 0.4) is 0 Å². The number of ketones is 1. The SMILES string of the molecule is CC(=O)c1ccc(NC(=O)Cn2nc(C)c3cnn(-c4ccccc4C)c3c2=O)cc1. The molecule has 0 spiro atoms. The standard InChI is InChI=1S/C23H21N5O3/c1-14-6-4-5-7-20(14)28-22-19(12-24-28)15(2)26-27(23(22)31)13-21(30)25-18-10-8-17(9-11-18)16(3)29/h4-12H,13H2,1-3H3,(H,25,30). The molecule has 0 radical (unpaired) electrons. The van der Waals surface area contributed by atoms with E-state index in [2.05, 4.69) is 15.5 Å². The molecule has 0 atom stereocenters. The van der Waals surface area contributed by atoms with Crippen molar-refractivity contribution in [1.29, 1.82) is 0 Å². The smallest absolute Gasteiger partial charge is 0.293 e. The van der Waals surface area contributed by atoms with E-state index in [4.69, 9.17) is 0 Å². The Morgan fingerprint density at radius 2 is 1.74 bits per heavy atom. The van der Waals surface area contributed by atoms with Crippen LogP contribution < -0.4 is 10.9 Å². The number of carbonyl (C=O) groups excluding carboxylic acids is 2. The number of hydrogen-bond donors (Lipinski definition) is 1. The first-order valence-corrected chi connectivity index (χ1v) is 9.77. The second kappa shape index (κ2) is 7.98. The number of hydrogen-bond acceptors (Lipinski definition) is 5. The average Bonchev–Trinajstić information content (AvgIpc) is 3.18. The Morgan fingerprint density at radius 1 is 1.03 bits per heavy atom. The van der Waals surface area contributed by atoms with Gasteiger partial charge in [0.15, 0.2) is 5.78 Å². The summed E-state index contributed by atoms with van der Waals surface area (Å²) in [6.45, 7) is 4.95. The number of para-hydroxylation sites is 1. The Hall–Kier alpha value is -4.07. The van der Waals surface area contributed by atoms with E-state index in [0.29, 0.717) is 27.8 Å². The maximum Gasteiger partial charge on any atom is 0.293 e. The second-order valence-corrected chi connectivity index (χ2v) is 7.34. The molecular weight excluding hydrogens is 394 g/mol. The highest BCUT2D eigenvalue weighted by atomic mass is 16.2. The number of aryl methyl sites for hydroxylation is 2. The maximum atomic E-state index is 13.2. The summed E-state index contributed by atoms with van der Waals surface area (Å²) in [5.74, 6) is -0.450. The average molecular weight is 415 g/mol. The Morgan fingerprint density at radius 3 is 2.42 bits per heavy atom. The van der Waals surface area contributed by atoms with E-state index in [1.807, 2.05) is 31.2 Å². The Kier molecular flexibility index (Phi) is 5.21. The molecule has 31 heavy (non-hydrogen) atoms. The van der Waals surface area contributed by atoms with Gasteiger partial charge in [0.25, 0.3) is 5.56 Å². The van der Waals surface area contributed by atoms with Crippen molar-refractivity contribution in [3.05, 3.63) is 81.9 Å². The number of aromatic nitrogens is 4. The predicted octanol–water partition coefficient (Wildman–Crippen LogP) is 3.04. The van der Waals surface area contributed by atoms with Gasteiger partial charge >= 0.3 is 0 Å². The van der Waals surface area contributed by atoms with Gasteiger partial charge in [-0.25, -0.2) is 9.36 Å². The lowest BCUT2D eigenvalue weighted by Gasteiger charge is -2.10. The molecule has 0 aliphatic heterocycles. The van der Waals surface area contributed by atoms with E-state index in [-0.39, 0.29) is 12.3 Å². The molecule has 0 fully saturated rings. The zero-order chi connectivity index (χ0) is 22.1. The molecule has 4 rings (SSSR count). The molecular formula is C23H21N5O3. The summed E-state index contributed by atoms with van der Waals surface area (Å²) >= 11 is 0. The van der Waals surface area contributed by atoms with Crippen molar-refractivity contribution < 1.29 is 9.59 Å². The van der Waals surface area contributed by atoms with Crippen LogP contribution in [0.25, 0.3) is 16.6 Å². The molecule has 4 aromatic rings. The van der Waals surface area contributed by atoms with Gasteiger partial charge in [0.05, 0.1) is 17.6 Å². The fourth-order valence-corrected chi connectivity index (χ4v) is 3.44. The molecule has 0 aliphatic rings. The lowest BCUT2D eigenvalue weighted by Crippen LogP contribution is -2.31. The number of benzene rings is 2. The van der Waals surface area contributed by atoms with Crippen molar-refractivity contribution in [2.24, 2.45) is 0 Å². The van der Waals surface area contributed by atoms with E-state index >= 15 is 0 Å². The molecule has 1 N–H and O–H groups in total. The molecule has 0 bridgehead atoms. The molecule has 1 amide bonds. The van der Waals surface area contributed by atoms with Crippen LogP contribution in [-0.2, 0) is 11.3 Å². The summed E-state index contributed by atoms with van der Waals surface area (Å²) in [6, 6.07) is 14.2. The van der Waals surface area contributed by atoms with Crippen LogP contribution in [0.2, 0.25) is 0 Å². The lowest BCUT2D eigenvalue weighted by molar-refractivity contribution is -0.117. The second-order valence-electron chi connectivity index (χ2n) is 7.34. The van der Waals surface area contributed by atoms with Crippen molar-refractivity contribution in [2.45, 2.75) is 27.3 Å². The molecule has 8 heteroatoms. The van der Waals surface area contributed by atoms with Crippen molar-refractivity contribution >= 4 is 28.3 Å². The number of anilines is 1. The summed E-state index contributed by atoms with van der Waals surface area (Å²) in [6.07, 6.45) is 1.62. The summed E-state index contributed by atoms with van der Waals surface area (Å²) in [5, 5.41) is 12.1. The number of amides is 1. The molecule has 2 aromatic carbocycles. The van der Waals surface area contributed by atoms with E-state index in [9.17, 15) is 14.4 Å². The third-order valence-corrected chi connectivity index (χ3v) is 5.08. The largest absolute Gasteiger partial charge is 0.324 e. The van der Waals surface area contributed by atoms with E-state index in [0.717, 1.165) is 15.9 Å². The molecule has 8 nitrogen and oxygen atoms in total. The molecule has 0 aliphatic carbocycles. The fraction of sp³-hybridized carbons (Fsp3) is 0.174. The first-order valence-electron chi connectivity index (χ1n) is 9.77.